The highest BCUT2D eigenvalue weighted by Crippen LogP contribution is 2.23. The van der Waals surface area contributed by atoms with Crippen LogP contribution in [0.4, 0.5) is 5.69 Å². The highest BCUT2D eigenvalue weighted by atomic mass is 35.5. The van der Waals surface area contributed by atoms with E-state index in [1.807, 2.05) is 0 Å². The predicted octanol–water partition coefficient (Wildman–Crippen LogP) is 2.14. The van der Waals surface area contributed by atoms with Crippen LogP contribution in [0, 0.1) is 6.92 Å². The van der Waals surface area contributed by atoms with E-state index in [0.717, 1.165) is 11.8 Å². The molecule has 1 unspecified atom stereocenters. The first-order valence-corrected chi connectivity index (χ1v) is 7.79. The summed E-state index contributed by atoms with van der Waals surface area (Å²) >= 11 is 5.85. The Balaban J connectivity index is 1.70. The minimum atomic E-state index is -0.508. The van der Waals surface area contributed by atoms with Crippen LogP contribution in [-0.4, -0.2) is 24.4 Å². The van der Waals surface area contributed by atoms with E-state index in [4.69, 9.17) is 16.0 Å². The highest BCUT2D eigenvalue weighted by molar-refractivity contribution is 6.30. The van der Waals surface area contributed by atoms with Crippen LogP contribution in [0.5, 0.6) is 0 Å². The van der Waals surface area contributed by atoms with Crippen LogP contribution in [0.2, 0.25) is 5.02 Å². The molecule has 1 aromatic heterocycles. The first-order valence-electron chi connectivity index (χ1n) is 7.41. The summed E-state index contributed by atoms with van der Waals surface area (Å²) in [5.41, 5.74) is 0.428. The topological polar surface area (TPSA) is 79.6 Å². The van der Waals surface area contributed by atoms with Crippen molar-refractivity contribution in [1.29, 1.82) is 0 Å². The van der Waals surface area contributed by atoms with Crippen molar-refractivity contribution in [2.45, 2.75) is 19.4 Å². The maximum Gasteiger partial charge on any atom is 0.287 e. The molecule has 0 bridgehead atoms. The molecule has 2 heterocycles. The number of aryl methyl sites for hydroxylation is 1. The van der Waals surface area contributed by atoms with Crippen molar-refractivity contribution in [3.63, 3.8) is 0 Å². The minimum Gasteiger partial charge on any atom is -0.456 e. The number of carbonyl (C=O) groups excluding carboxylic acids is 2. The number of anilines is 1. The van der Waals surface area contributed by atoms with Gasteiger partial charge in [-0.1, -0.05) is 11.6 Å². The van der Waals surface area contributed by atoms with Gasteiger partial charge < -0.3 is 14.6 Å². The molecule has 1 atom stereocenters. The van der Waals surface area contributed by atoms with E-state index in [-0.39, 0.29) is 29.6 Å². The monoisotopic (exact) mass is 346 g/mol. The Morgan fingerprint density at radius 1 is 1.25 bits per heavy atom. The van der Waals surface area contributed by atoms with E-state index >= 15 is 0 Å². The number of rotatable bonds is 3. The van der Waals surface area contributed by atoms with Gasteiger partial charge in [-0.15, -0.1) is 0 Å². The average molecular weight is 347 g/mol. The molecule has 0 aliphatic carbocycles. The summed E-state index contributed by atoms with van der Waals surface area (Å²) in [6.45, 7) is 1.95. The molecule has 0 saturated carbocycles. The number of halogens is 1. The fourth-order valence-electron chi connectivity index (χ4n) is 2.65. The van der Waals surface area contributed by atoms with E-state index in [2.05, 4.69) is 5.32 Å². The summed E-state index contributed by atoms with van der Waals surface area (Å²) in [7, 11) is 0. The third-order valence-corrected chi connectivity index (χ3v) is 3.96. The van der Waals surface area contributed by atoms with Gasteiger partial charge in [-0.05, 0) is 31.2 Å². The van der Waals surface area contributed by atoms with Crippen molar-refractivity contribution in [3.8, 4) is 0 Å². The van der Waals surface area contributed by atoms with Crippen LogP contribution in [0.3, 0.4) is 0 Å². The molecule has 1 N–H and O–H groups in total. The van der Waals surface area contributed by atoms with Gasteiger partial charge in [-0.2, -0.15) is 0 Å². The van der Waals surface area contributed by atoms with Crippen molar-refractivity contribution in [3.05, 3.63) is 63.2 Å². The highest BCUT2D eigenvalue weighted by Gasteiger charge is 2.32. The van der Waals surface area contributed by atoms with E-state index in [0.29, 0.717) is 17.3 Å². The summed E-state index contributed by atoms with van der Waals surface area (Å²) in [5, 5.41) is 3.32. The molecule has 1 aromatic carbocycles. The van der Waals surface area contributed by atoms with Gasteiger partial charge in [0.05, 0.1) is 6.04 Å². The van der Waals surface area contributed by atoms with Gasteiger partial charge in [0, 0.05) is 35.8 Å². The molecule has 2 aromatic rings. The third-order valence-electron chi connectivity index (χ3n) is 3.71. The van der Waals surface area contributed by atoms with Crippen molar-refractivity contribution in [1.82, 2.24) is 5.32 Å². The second-order valence-corrected chi connectivity index (χ2v) is 6.06. The van der Waals surface area contributed by atoms with Crippen LogP contribution in [0.15, 0.2) is 45.6 Å². The quantitative estimate of drug-likeness (QED) is 0.923. The molecule has 2 amide bonds. The Morgan fingerprint density at radius 3 is 2.62 bits per heavy atom. The molecule has 6 nitrogen and oxygen atoms in total. The van der Waals surface area contributed by atoms with Crippen LogP contribution >= 0.6 is 11.6 Å². The summed E-state index contributed by atoms with van der Waals surface area (Å²) in [6.07, 6.45) is 0.185. The van der Waals surface area contributed by atoms with E-state index in [9.17, 15) is 14.4 Å². The van der Waals surface area contributed by atoms with Gasteiger partial charge in [0.25, 0.3) is 5.91 Å². The van der Waals surface area contributed by atoms with E-state index in [1.54, 1.807) is 36.1 Å². The van der Waals surface area contributed by atoms with Gasteiger partial charge in [0.1, 0.15) is 5.76 Å². The first-order chi connectivity index (χ1) is 11.4. The Bertz CT molecular complexity index is 844. The Kier molecular flexibility index (Phi) is 4.40. The molecule has 24 heavy (non-hydrogen) atoms. The smallest absolute Gasteiger partial charge is 0.287 e. The largest absolute Gasteiger partial charge is 0.456 e. The number of hydrogen-bond donors (Lipinski definition) is 1. The Hall–Kier alpha value is -2.60. The fraction of sp³-hybridized carbons (Fsp3) is 0.235. The summed E-state index contributed by atoms with van der Waals surface area (Å²) < 4.78 is 5.26. The van der Waals surface area contributed by atoms with E-state index in [1.165, 1.54) is 6.07 Å². The second-order valence-electron chi connectivity index (χ2n) is 5.62. The molecule has 1 fully saturated rings. The number of amides is 2. The van der Waals surface area contributed by atoms with Crippen molar-refractivity contribution in [2.24, 2.45) is 0 Å². The molecule has 1 saturated heterocycles. The zero-order chi connectivity index (χ0) is 17.3. The molecule has 0 radical (unpaired) electrons. The second kappa shape index (κ2) is 6.49. The predicted molar refractivity (Wildman–Crippen MR) is 89.4 cm³/mol. The third kappa shape index (κ3) is 3.49. The van der Waals surface area contributed by atoms with Crippen molar-refractivity contribution in [2.75, 3.05) is 11.4 Å². The molecule has 124 valence electrons. The SMILES string of the molecule is Cc1cc(=O)cc(C(=O)NC2CC(=O)N(c3ccc(Cl)cc3)C2)o1. The number of nitrogens with one attached hydrogen (secondary N) is 1. The van der Waals surface area contributed by atoms with Gasteiger partial charge in [0.2, 0.25) is 5.91 Å². The lowest BCUT2D eigenvalue weighted by molar-refractivity contribution is -0.117. The molecule has 1 aliphatic rings. The van der Waals surface area contributed by atoms with Crippen molar-refractivity contribution >= 4 is 29.1 Å². The number of hydrogen-bond acceptors (Lipinski definition) is 4. The molecule has 1 aliphatic heterocycles. The lowest BCUT2D eigenvalue weighted by Gasteiger charge is -2.17. The molecule has 0 spiro atoms. The average Bonchev–Trinajstić information content (AvgIpc) is 2.87. The standard InChI is InChI=1S/C17H15ClN2O4/c1-10-6-14(21)8-15(24-10)17(23)19-12-7-16(22)20(9-12)13-4-2-11(18)3-5-13/h2-6,8,12H,7,9H2,1H3,(H,19,23). The van der Waals surface area contributed by atoms with Crippen LogP contribution < -0.4 is 15.6 Å². The lowest BCUT2D eigenvalue weighted by Crippen LogP contribution is -2.37. The summed E-state index contributed by atoms with van der Waals surface area (Å²) in [5.74, 6) is -0.296. The fourth-order valence-corrected chi connectivity index (χ4v) is 2.77. The lowest BCUT2D eigenvalue weighted by atomic mass is 10.2. The number of nitrogens with zero attached hydrogens (tertiary/aromatic N) is 1. The van der Waals surface area contributed by atoms with E-state index < -0.39 is 5.91 Å². The summed E-state index contributed by atoms with van der Waals surface area (Å²) in [4.78, 5) is 37.4. The number of carbonyl (C=O) groups is 2. The van der Waals surface area contributed by atoms with Gasteiger partial charge >= 0.3 is 0 Å². The van der Waals surface area contributed by atoms with Crippen molar-refractivity contribution < 1.29 is 14.0 Å². The van der Waals surface area contributed by atoms with Crippen LogP contribution in [-0.2, 0) is 4.79 Å². The maximum atomic E-state index is 12.2. The van der Waals surface area contributed by atoms with Gasteiger partial charge in [0.15, 0.2) is 11.2 Å². The maximum absolute atomic E-state index is 12.2. The minimum absolute atomic E-state index is 0.0580. The molecule has 3 rings (SSSR count). The summed E-state index contributed by atoms with van der Waals surface area (Å²) in [6, 6.07) is 9.00. The molecular formula is C17H15ClN2O4. The first kappa shape index (κ1) is 16.3. The normalized spacial score (nSPS) is 17.2. The Morgan fingerprint density at radius 2 is 1.96 bits per heavy atom. The van der Waals surface area contributed by atoms with Gasteiger partial charge in [-0.3, -0.25) is 14.4 Å². The zero-order valence-corrected chi connectivity index (χ0v) is 13.7. The molecular weight excluding hydrogens is 332 g/mol. The van der Waals surface area contributed by atoms with Crippen LogP contribution in [0.1, 0.15) is 22.7 Å². The zero-order valence-electron chi connectivity index (χ0n) is 12.9. The Labute approximate surface area is 143 Å². The van der Waals surface area contributed by atoms with Crippen LogP contribution in [0.25, 0.3) is 0 Å². The molecule has 7 heteroatoms. The number of benzene rings is 1. The van der Waals surface area contributed by atoms with Gasteiger partial charge in [-0.25, -0.2) is 0 Å².